The van der Waals surface area contributed by atoms with Crippen LogP contribution < -0.4 is 5.32 Å². The fraction of sp³-hybridized carbons (Fsp3) is 0.438. The largest absolute Gasteiger partial charge is 0.396 e. The number of aryl methyl sites for hydroxylation is 1. The summed E-state index contributed by atoms with van der Waals surface area (Å²) in [6.45, 7) is 4.86. The summed E-state index contributed by atoms with van der Waals surface area (Å²) in [5.41, 5.74) is 2.15. The highest BCUT2D eigenvalue weighted by Crippen LogP contribution is 2.19. The summed E-state index contributed by atoms with van der Waals surface area (Å²) in [5.74, 6) is 0.234. The molecule has 0 saturated carbocycles. The number of carbonyl (C=O) groups is 1. The van der Waals surface area contributed by atoms with Crippen LogP contribution in [0.3, 0.4) is 0 Å². The maximum Gasteiger partial charge on any atom is 0.244 e. The number of carbonyl (C=O) groups excluding carboxylic acids is 1. The van der Waals surface area contributed by atoms with Gasteiger partial charge in [-0.05, 0) is 42.5 Å². The third-order valence-corrected chi connectivity index (χ3v) is 3.94. The van der Waals surface area contributed by atoms with Crippen LogP contribution in [0.2, 0.25) is 0 Å². The number of hydrogen-bond donors (Lipinski definition) is 2. The first-order chi connectivity index (χ1) is 9.56. The summed E-state index contributed by atoms with van der Waals surface area (Å²) in [6.07, 6.45) is 5.02. The van der Waals surface area contributed by atoms with E-state index in [1.807, 2.05) is 25.1 Å². The average Bonchev–Trinajstić information content (AvgIpc) is 2.42. The maximum atomic E-state index is 11.7. The molecule has 4 heteroatoms. The fourth-order valence-electron chi connectivity index (χ4n) is 1.87. The Hall–Kier alpha value is -1.13. The maximum absolute atomic E-state index is 11.7. The van der Waals surface area contributed by atoms with Crippen molar-refractivity contribution in [3.05, 3.63) is 39.9 Å². The molecule has 0 aromatic heterocycles. The van der Waals surface area contributed by atoms with E-state index in [2.05, 4.69) is 28.2 Å². The third-order valence-electron chi connectivity index (χ3n) is 3.25. The Kier molecular flexibility index (Phi) is 7.55. The number of halogens is 1. The second-order valence-corrected chi connectivity index (χ2v) is 5.74. The predicted molar refractivity (Wildman–Crippen MR) is 86.4 cm³/mol. The molecule has 1 rings (SSSR count). The van der Waals surface area contributed by atoms with Gasteiger partial charge in [-0.25, -0.2) is 0 Å². The Balaban J connectivity index is 2.51. The fourth-order valence-corrected chi connectivity index (χ4v) is 2.50. The third kappa shape index (κ3) is 5.88. The van der Waals surface area contributed by atoms with Crippen molar-refractivity contribution < 1.29 is 9.90 Å². The van der Waals surface area contributed by atoms with E-state index in [4.69, 9.17) is 5.11 Å². The molecular weight excluding hydrogens is 318 g/mol. The molecule has 0 radical (unpaired) electrons. The number of amides is 1. The number of aliphatic hydroxyl groups excluding tert-OH is 1. The highest BCUT2D eigenvalue weighted by molar-refractivity contribution is 9.10. The van der Waals surface area contributed by atoms with Gasteiger partial charge < -0.3 is 10.4 Å². The van der Waals surface area contributed by atoms with Gasteiger partial charge in [0.2, 0.25) is 5.91 Å². The van der Waals surface area contributed by atoms with Crippen LogP contribution in [0.5, 0.6) is 0 Å². The molecule has 0 saturated heterocycles. The summed E-state index contributed by atoms with van der Waals surface area (Å²) in [7, 11) is 0. The lowest BCUT2D eigenvalue weighted by atomic mass is 10.0. The van der Waals surface area contributed by atoms with Crippen LogP contribution in [0.25, 0.3) is 6.08 Å². The SMILES string of the molecule is CCC(CCO)CNC(=O)/C=C/c1ccc(C)cc1Br. The standard InChI is InChI=1S/C16H22BrNO2/c1-3-13(8-9-19)11-18-16(20)7-6-14-5-4-12(2)10-15(14)17/h4-7,10,13,19H,3,8-9,11H2,1-2H3,(H,18,20)/b7-6+. The van der Waals surface area contributed by atoms with Gasteiger partial charge in [-0.2, -0.15) is 0 Å². The Morgan fingerprint density at radius 3 is 2.85 bits per heavy atom. The number of hydrogen-bond acceptors (Lipinski definition) is 2. The van der Waals surface area contributed by atoms with E-state index in [1.54, 1.807) is 12.2 Å². The zero-order valence-electron chi connectivity index (χ0n) is 12.0. The van der Waals surface area contributed by atoms with Crippen LogP contribution in [0, 0.1) is 12.8 Å². The summed E-state index contributed by atoms with van der Waals surface area (Å²) in [5, 5.41) is 11.8. The number of benzene rings is 1. The Bertz CT molecular complexity index is 472. The van der Waals surface area contributed by atoms with Crippen LogP contribution in [0.1, 0.15) is 30.9 Å². The minimum atomic E-state index is -0.103. The molecule has 0 heterocycles. The van der Waals surface area contributed by atoms with Crippen molar-refractivity contribution in [2.45, 2.75) is 26.7 Å². The Morgan fingerprint density at radius 1 is 1.50 bits per heavy atom. The van der Waals surface area contributed by atoms with E-state index < -0.39 is 0 Å². The first-order valence-corrected chi connectivity index (χ1v) is 7.69. The molecule has 0 bridgehead atoms. The molecule has 20 heavy (non-hydrogen) atoms. The second-order valence-electron chi connectivity index (χ2n) is 4.89. The lowest BCUT2D eigenvalue weighted by molar-refractivity contribution is -0.116. The molecule has 0 aliphatic carbocycles. The van der Waals surface area contributed by atoms with E-state index >= 15 is 0 Å². The van der Waals surface area contributed by atoms with Crippen molar-refractivity contribution in [3.63, 3.8) is 0 Å². The van der Waals surface area contributed by atoms with Gasteiger partial charge in [0.05, 0.1) is 0 Å². The van der Waals surface area contributed by atoms with Crippen LogP contribution in [0.15, 0.2) is 28.7 Å². The smallest absolute Gasteiger partial charge is 0.244 e. The average molecular weight is 340 g/mol. The van der Waals surface area contributed by atoms with Crippen molar-refractivity contribution in [2.24, 2.45) is 5.92 Å². The van der Waals surface area contributed by atoms with Gasteiger partial charge in [0, 0.05) is 23.7 Å². The van der Waals surface area contributed by atoms with Crippen LogP contribution in [-0.4, -0.2) is 24.2 Å². The second kappa shape index (κ2) is 8.93. The van der Waals surface area contributed by atoms with Crippen molar-refractivity contribution >= 4 is 27.9 Å². The molecule has 0 fully saturated rings. The van der Waals surface area contributed by atoms with Gasteiger partial charge in [0.15, 0.2) is 0 Å². The van der Waals surface area contributed by atoms with E-state index in [1.165, 1.54) is 5.56 Å². The van der Waals surface area contributed by atoms with Gasteiger partial charge in [-0.15, -0.1) is 0 Å². The van der Waals surface area contributed by atoms with Gasteiger partial charge in [0.1, 0.15) is 0 Å². The van der Waals surface area contributed by atoms with Gasteiger partial charge in [-0.3, -0.25) is 4.79 Å². The van der Waals surface area contributed by atoms with Gasteiger partial charge >= 0.3 is 0 Å². The van der Waals surface area contributed by atoms with Crippen LogP contribution in [0.4, 0.5) is 0 Å². The Labute approximate surface area is 129 Å². The molecule has 110 valence electrons. The monoisotopic (exact) mass is 339 g/mol. The van der Waals surface area contributed by atoms with Crippen LogP contribution in [-0.2, 0) is 4.79 Å². The molecule has 1 amide bonds. The van der Waals surface area contributed by atoms with E-state index in [0.717, 1.165) is 22.9 Å². The molecule has 1 unspecified atom stereocenters. The molecule has 2 N–H and O–H groups in total. The lowest BCUT2D eigenvalue weighted by Crippen LogP contribution is -2.28. The van der Waals surface area contributed by atoms with E-state index in [0.29, 0.717) is 12.5 Å². The normalized spacial score (nSPS) is 12.6. The topological polar surface area (TPSA) is 49.3 Å². The number of aliphatic hydroxyl groups is 1. The zero-order chi connectivity index (χ0) is 15.0. The van der Waals surface area contributed by atoms with E-state index in [9.17, 15) is 4.79 Å². The molecule has 1 atom stereocenters. The van der Waals surface area contributed by atoms with E-state index in [-0.39, 0.29) is 12.5 Å². The minimum Gasteiger partial charge on any atom is -0.396 e. The Morgan fingerprint density at radius 2 is 2.25 bits per heavy atom. The quantitative estimate of drug-likeness (QED) is 0.749. The minimum absolute atomic E-state index is 0.103. The lowest BCUT2D eigenvalue weighted by Gasteiger charge is -2.13. The molecule has 0 aliphatic heterocycles. The highest BCUT2D eigenvalue weighted by Gasteiger charge is 2.06. The highest BCUT2D eigenvalue weighted by atomic mass is 79.9. The van der Waals surface area contributed by atoms with Crippen LogP contribution >= 0.6 is 15.9 Å². The van der Waals surface area contributed by atoms with Gasteiger partial charge in [0.25, 0.3) is 0 Å². The van der Waals surface area contributed by atoms with Crippen molar-refractivity contribution in [1.82, 2.24) is 5.32 Å². The number of rotatable bonds is 7. The first kappa shape index (κ1) is 16.9. The molecule has 0 aliphatic rings. The number of nitrogens with one attached hydrogen (secondary N) is 1. The summed E-state index contributed by atoms with van der Waals surface area (Å²) < 4.78 is 0.980. The first-order valence-electron chi connectivity index (χ1n) is 6.89. The van der Waals surface area contributed by atoms with Crippen molar-refractivity contribution in [1.29, 1.82) is 0 Å². The van der Waals surface area contributed by atoms with Crippen molar-refractivity contribution in [2.75, 3.05) is 13.2 Å². The predicted octanol–water partition coefficient (Wildman–Crippen LogP) is 3.30. The van der Waals surface area contributed by atoms with Gasteiger partial charge in [-0.1, -0.05) is 41.4 Å². The molecule has 0 spiro atoms. The molecular formula is C16H22BrNO2. The molecule has 1 aromatic rings. The molecule has 1 aromatic carbocycles. The summed E-state index contributed by atoms with van der Waals surface area (Å²) >= 11 is 3.48. The summed E-state index contributed by atoms with van der Waals surface area (Å²) in [4.78, 5) is 11.7. The van der Waals surface area contributed by atoms with Crippen molar-refractivity contribution in [3.8, 4) is 0 Å². The summed E-state index contributed by atoms with van der Waals surface area (Å²) in [6, 6.07) is 6.01. The zero-order valence-corrected chi connectivity index (χ0v) is 13.6. The molecule has 3 nitrogen and oxygen atoms in total.